The van der Waals surface area contributed by atoms with E-state index < -0.39 is 33.0 Å². The van der Waals surface area contributed by atoms with Gasteiger partial charge in [0.2, 0.25) is 0 Å². The van der Waals surface area contributed by atoms with Crippen molar-refractivity contribution in [1.82, 2.24) is 0 Å². The van der Waals surface area contributed by atoms with Gasteiger partial charge in [0.1, 0.15) is 5.82 Å². The molecule has 0 heterocycles. The summed E-state index contributed by atoms with van der Waals surface area (Å²) in [5, 5.41) is -0.0284. The van der Waals surface area contributed by atoms with Crippen molar-refractivity contribution in [2.75, 3.05) is 0 Å². The van der Waals surface area contributed by atoms with Crippen molar-refractivity contribution in [3.8, 4) is 5.75 Å². The lowest BCUT2D eigenvalue weighted by atomic mass is 10.0. The van der Waals surface area contributed by atoms with Crippen LogP contribution in [0.5, 0.6) is 5.75 Å². The Kier molecular flexibility index (Phi) is 3.86. The van der Waals surface area contributed by atoms with Crippen molar-refractivity contribution in [2.45, 2.75) is 12.4 Å². The van der Waals surface area contributed by atoms with E-state index in [2.05, 4.69) is 4.18 Å². The van der Waals surface area contributed by atoms with Crippen LogP contribution in [0.2, 0.25) is 0 Å². The maximum atomic E-state index is 13.2. The Hall–Kier alpha value is -2.16. The molecule has 4 nitrogen and oxygen atoms in total. The van der Waals surface area contributed by atoms with Gasteiger partial charge in [-0.2, -0.15) is 21.6 Å². The first kappa shape index (κ1) is 16.2. The normalized spacial score (nSPS) is 12.4. The molecule has 0 aliphatic rings. The second-order valence-electron chi connectivity index (χ2n) is 4.38. The molecule has 0 saturated heterocycles. The maximum Gasteiger partial charge on any atom is 0.534 e. The van der Waals surface area contributed by atoms with Gasteiger partial charge in [-0.1, -0.05) is 6.07 Å². The molecular weight excluding hydrogens is 328 g/mol. The van der Waals surface area contributed by atoms with Crippen LogP contribution in [0.4, 0.5) is 17.6 Å². The van der Waals surface area contributed by atoms with E-state index >= 15 is 0 Å². The van der Waals surface area contributed by atoms with Crippen LogP contribution in [0, 0.1) is 5.82 Å². The molecule has 0 unspecified atom stereocenters. The van der Waals surface area contributed by atoms with Crippen molar-refractivity contribution in [2.24, 2.45) is 0 Å². The summed E-state index contributed by atoms with van der Waals surface area (Å²) in [4.78, 5) is 11.4. The van der Waals surface area contributed by atoms with Crippen molar-refractivity contribution in [1.29, 1.82) is 0 Å². The molecule has 0 aromatic heterocycles. The van der Waals surface area contributed by atoms with Gasteiger partial charge in [0.25, 0.3) is 0 Å². The first-order chi connectivity index (χ1) is 10.0. The summed E-state index contributed by atoms with van der Waals surface area (Å²) < 4.78 is 76.7. The van der Waals surface area contributed by atoms with E-state index in [1.54, 1.807) is 0 Å². The Labute approximate surface area is 122 Å². The standard InChI is InChI=1S/C13H8F4O4S/c1-7(18)9-4-8-2-3-10(14)6-11(8)12(5-9)21-22(19,20)13(15,16)17/h2-6H,1H3. The number of hydrogen-bond donors (Lipinski definition) is 0. The Morgan fingerprint density at radius 1 is 1.14 bits per heavy atom. The van der Waals surface area contributed by atoms with Crippen LogP contribution in [0.25, 0.3) is 10.8 Å². The Morgan fingerprint density at radius 2 is 1.77 bits per heavy atom. The summed E-state index contributed by atoms with van der Waals surface area (Å²) in [6, 6.07) is 5.16. The number of alkyl halides is 3. The topological polar surface area (TPSA) is 60.4 Å². The zero-order valence-electron chi connectivity index (χ0n) is 10.9. The van der Waals surface area contributed by atoms with E-state index in [1.165, 1.54) is 12.1 Å². The molecule has 0 aliphatic carbocycles. The molecule has 0 amide bonds. The minimum atomic E-state index is -5.93. The molecule has 0 bridgehead atoms. The number of carbonyl (C=O) groups is 1. The number of benzene rings is 2. The largest absolute Gasteiger partial charge is 0.534 e. The third kappa shape index (κ3) is 3.03. The average molecular weight is 336 g/mol. The summed E-state index contributed by atoms with van der Waals surface area (Å²) in [6.45, 7) is 1.15. The monoisotopic (exact) mass is 336 g/mol. The van der Waals surface area contributed by atoms with Gasteiger partial charge in [0.05, 0.1) is 0 Å². The predicted molar refractivity (Wildman–Crippen MR) is 69.5 cm³/mol. The van der Waals surface area contributed by atoms with Gasteiger partial charge in [0.15, 0.2) is 11.5 Å². The smallest absolute Gasteiger partial charge is 0.375 e. The van der Waals surface area contributed by atoms with Gasteiger partial charge in [-0.3, -0.25) is 4.79 Å². The molecule has 2 aromatic rings. The molecule has 2 rings (SSSR count). The third-order valence-electron chi connectivity index (χ3n) is 2.77. The summed E-state index contributed by atoms with van der Waals surface area (Å²) >= 11 is 0. The van der Waals surface area contributed by atoms with E-state index in [1.807, 2.05) is 0 Å². The van der Waals surface area contributed by atoms with Crippen molar-refractivity contribution >= 4 is 26.7 Å². The lowest BCUT2D eigenvalue weighted by Gasteiger charge is -2.12. The van der Waals surface area contributed by atoms with Crippen LogP contribution < -0.4 is 4.18 Å². The molecule has 0 aliphatic heterocycles. The highest BCUT2D eigenvalue weighted by atomic mass is 32.2. The minimum Gasteiger partial charge on any atom is -0.375 e. The Bertz CT molecular complexity index is 856. The van der Waals surface area contributed by atoms with E-state index in [-0.39, 0.29) is 16.3 Å². The lowest BCUT2D eigenvalue weighted by molar-refractivity contribution is -0.0499. The van der Waals surface area contributed by atoms with Gasteiger partial charge < -0.3 is 4.18 Å². The van der Waals surface area contributed by atoms with E-state index in [9.17, 15) is 30.8 Å². The quantitative estimate of drug-likeness (QED) is 0.373. The molecule has 2 aromatic carbocycles. The van der Waals surface area contributed by atoms with Gasteiger partial charge >= 0.3 is 15.6 Å². The van der Waals surface area contributed by atoms with E-state index in [0.717, 1.165) is 25.1 Å². The highest BCUT2D eigenvalue weighted by molar-refractivity contribution is 7.88. The summed E-state index contributed by atoms with van der Waals surface area (Å²) in [5.41, 5.74) is -5.70. The second kappa shape index (κ2) is 5.24. The number of fused-ring (bicyclic) bond motifs is 1. The molecule has 0 atom stereocenters. The molecule has 0 fully saturated rings. The molecular formula is C13H8F4O4S. The number of rotatable bonds is 3. The fourth-order valence-corrected chi connectivity index (χ4v) is 2.20. The zero-order chi connectivity index (χ0) is 16.7. The van der Waals surface area contributed by atoms with Crippen molar-refractivity contribution < 1.29 is 35.0 Å². The number of Topliss-reactive ketones (excluding diaryl/α,β-unsaturated/α-hetero) is 1. The van der Waals surface area contributed by atoms with Crippen LogP contribution in [0.1, 0.15) is 17.3 Å². The molecule has 118 valence electrons. The minimum absolute atomic E-state index is 0.0634. The summed E-state index contributed by atoms with van der Waals surface area (Å²) in [6.07, 6.45) is 0. The number of hydrogen-bond acceptors (Lipinski definition) is 4. The molecule has 0 saturated carbocycles. The third-order valence-corrected chi connectivity index (χ3v) is 3.73. The first-order valence-corrected chi connectivity index (χ1v) is 7.17. The number of ketones is 1. The molecule has 9 heteroatoms. The fraction of sp³-hybridized carbons (Fsp3) is 0.154. The fourth-order valence-electron chi connectivity index (χ4n) is 1.73. The van der Waals surface area contributed by atoms with Crippen LogP contribution in [-0.4, -0.2) is 19.7 Å². The zero-order valence-corrected chi connectivity index (χ0v) is 11.8. The van der Waals surface area contributed by atoms with Crippen LogP contribution in [-0.2, 0) is 10.1 Å². The highest BCUT2D eigenvalue weighted by Crippen LogP contribution is 2.33. The van der Waals surface area contributed by atoms with E-state index in [0.29, 0.717) is 0 Å². The van der Waals surface area contributed by atoms with Crippen LogP contribution in [0.15, 0.2) is 30.3 Å². The van der Waals surface area contributed by atoms with E-state index in [4.69, 9.17) is 0 Å². The van der Waals surface area contributed by atoms with Gasteiger partial charge in [0, 0.05) is 10.9 Å². The van der Waals surface area contributed by atoms with Crippen molar-refractivity contribution in [3.05, 3.63) is 41.7 Å². The second-order valence-corrected chi connectivity index (χ2v) is 5.92. The molecule has 0 N–H and O–H groups in total. The molecule has 0 spiro atoms. The Morgan fingerprint density at radius 3 is 2.32 bits per heavy atom. The van der Waals surface area contributed by atoms with Gasteiger partial charge in [-0.05, 0) is 36.6 Å². The van der Waals surface area contributed by atoms with Crippen LogP contribution >= 0.6 is 0 Å². The summed E-state index contributed by atoms with van der Waals surface area (Å²) in [7, 11) is -5.93. The van der Waals surface area contributed by atoms with Crippen LogP contribution in [0.3, 0.4) is 0 Å². The van der Waals surface area contributed by atoms with Gasteiger partial charge in [-0.25, -0.2) is 4.39 Å². The average Bonchev–Trinajstić information content (AvgIpc) is 2.37. The summed E-state index contributed by atoms with van der Waals surface area (Å²) in [5.74, 6) is -2.07. The van der Waals surface area contributed by atoms with Gasteiger partial charge in [-0.15, -0.1) is 0 Å². The first-order valence-electron chi connectivity index (χ1n) is 5.76. The molecule has 0 radical (unpaired) electrons. The van der Waals surface area contributed by atoms with Crippen molar-refractivity contribution in [3.63, 3.8) is 0 Å². The number of halogens is 4. The SMILES string of the molecule is CC(=O)c1cc(OS(=O)(=O)C(F)(F)F)c2cc(F)ccc2c1. The predicted octanol–water partition coefficient (Wildman–Crippen LogP) is 3.41. The number of carbonyl (C=O) groups excluding carboxylic acids is 1. The molecule has 22 heavy (non-hydrogen) atoms. The maximum absolute atomic E-state index is 13.2. The Balaban J connectivity index is 2.70. The lowest BCUT2D eigenvalue weighted by Crippen LogP contribution is -2.28. The highest BCUT2D eigenvalue weighted by Gasteiger charge is 2.48.